The molecule has 1 aromatic carbocycles. The second-order valence-electron chi connectivity index (χ2n) is 8.93. The van der Waals surface area contributed by atoms with Gasteiger partial charge in [0.1, 0.15) is 11.4 Å². The van der Waals surface area contributed by atoms with Crippen LogP contribution >= 0.6 is 0 Å². The van der Waals surface area contributed by atoms with Gasteiger partial charge in [0.25, 0.3) is 5.91 Å². The number of alkyl carbamates (subject to hydrolysis) is 1. The third kappa shape index (κ3) is 8.81. The number of carbonyl (C=O) groups is 2. The molecule has 0 bridgehead atoms. The van der Waals surface area contributed by atoms with Crippen LogP contribution in [-0.4, -0.2) is 46.4 Å². The molecule has 0 saturated carbocycles. The third-order valence-corrected chi connectivity index (χ3v) is 4.92. The van der Waals surface area contributed by atoms with Gasteiger partial charge < -0.3 is 20.5 Å². The van der Waals surface area contributed by atoms with E-state index < -0.39 is 29.7 Å². The number of ether oxygens (including phenoxy) is 1. The van der Waals surface area contributed by atoms with Crippen LogP contribution < -0.4 is 10.6 Å². The van der Waals surface area contributed by atoms with Gasteiger partial charge in [-0.1, -0.05) is 31.5 Å². The van der Waals surface area contributed by atoms with Crippen molar-refractivity contribution in [1.82, 2.24) is 15.6 Å². The first-order chi connectivity index (χ1) is 15.6. The van der Waals surface area contributed by atoms with Gasteiger partial charge in [-0.3, -0.25) is 9.78 Å². The molecule has 33 heavy (non-hydrogen) atoms. The normalized spacial score (nSPS) is 13.2. The van der Waals surface area contributed by atoms with Crippen LogP contribution in [0.25, 0.3) is 0 Å². The molecule has 0 fully saturated rings. The topological polar surface area (TPSA) is 101 Å². The van der Waals surface area contributed by atoms with Crippen LogP contribution in [0.15, 0.2) is 42.6 Å². The molecule has 2 atom stereocenters. The van der Waals surface area contributed by atoms with E-state index in [1.54, 1.807) is 51.1 Å². The molecule has 7 nitrogen and oxygen atoms in total. The summed E-state index contributed by atoms with van der Waals surface area (Å²) in [6, 6.07) is 8.61. The Morgan fingerprint density at radius 1 is 1.15 bits per heavy atom. The molecule has 2 rings (SSSR count). The van der Waals surface area contributed by atoms with Crippen molar-refractivity contribution < 1.29 is 23.8 Å². The smallest absolute Gasteiger partial charge is 0.407 e. The van der Waals surface area contributed by atoms with Gasteiger partial charge in [-0.25, -0.2) is 9.18 Å². The molecule has 0 unspecified atom stereocenters. The zero-order chi connectivity index (χ0) is 24.4. The Hall–Kier alpha value is -3.00. The number of benzene rings is 1. The number of hydrogen-bond acceptors (Lipinski definition) is 5. The minimum atomic E-state index is -1.14. The number of rotatable bonds is 10. The molecule has 0 saturated heterocycles. The summed E-state index contributed by atoms with van der Waals surface area (Å²) >= 11 is 0. The molecule has 0 aliphatic carbocycles. The monoisotopic (exact) mass is 459 g/mol. The maximum atomic E-state index is 14.3. The highest BCUT2D eigenvalue weighted by Gasteiger charge is 2.27. The molecule has 0 spiro atoms. The molecule has 8 heteroatoms. The van der Waals surface area contributed by atoms with Crippen molar-refractivity contribution in [1.29, 1.82) is 0 Å². The number of carbonyl (C=O) groups excluding carboxylic acids is 2. The van der Waals surface area contributed by atoms with E-state index in [2.05, 4.69) is 15.6 Å². The number of unbranched alkanes of at least 4 members (excludes halogenated alkanes) is 1. The van der Waals surface area contributed by atoms with Gasteiger partial charge in [-0.05, 0) is 57.4 Å². The number of aliphatic hydroxyl groups excluding tert-OH is 1. The summed E-state index contributed by atoms with van der Waals surface area (Å²) in [5.74, 6) is -0.709. The van der Waals surface area contributed by atoms with Crippen LogP contribution in [0.3, 0.4) is 0 Å². The van der Waals surface area contributed by atoms with Crippen molar-refractivity contribution in [2.24, 2.45) is 0 Å². The summed E-state index contributed by atoms with van der Waals surface area (Å²) in [7, 11) is 0. The van der Waals surface area contributed by atoms with Gasteiger partial charge in [0.2, 0.25) is 0 Å². The fourth-order valence-electron chi connectivity index (χ4n) is 3.26. The van der Waals surface area contributed by atoms with Crippen molar-refractivity contribution in [2.75, 3.05) is 6.54 Å². The first-order valence-electron chi connectivity index (χ1n) is 11.2. The summed E-state index contributed by atoms with van der Waals surface area (Å²) in [5.41, 5.74) is 0.358. The number of amides is 2. The lowest BCUT2D eigenvalue weighted by Crippen LogP contribution is -2.47. The SMILES string of the molecule is CCCCNC(=O)c1cccnc1C[C@H](O)[C@@H](Cc1ccccc1F)NC(=O)OC(C)(C)C. The lowest BCUT2D eigenvalue weighted by atomic mass is 9.96. The fraction of sp³-hybridized carbons (Fsp3) is 0.480. The molecule has 3 N–H and O–H groups in total. The highest BCUT2D eigenvalue weighted by molar-refractivity contribution is 5.95. The first kappa shape index (κ1) is 26.3. The summed E-state index contributed by atoms with van der Waals surface area (Å²) in [5, 5.41) is 16.5. The van der Waals surface area contributed by atoms with E-state index in [4.69, 9.17) is 4.74 Å². The van der Waals surface area contributed by atoms with E-state index in [1.807, 2.05) is 6.92 Å². The Kier molecular flexibility index (Phi) is 9.78. The summed E-state index contributed by atoms with van der Waals surface area (Å²) in [4.78, 5) is 29.3. The number of aromatic nitrogens is 1. The van der Waals surface area contributed by atoms with Gasteiger partial charge in [0, 0.05) is 19.2 Å². The second-order valence-corrected chi connectivity index (χ2v) is 8.93. The molecule has 1 aromatic heterocycles. The zero-order valence-electron chi connectivity index (χ0n) is 19.7. The highest BCUT2D eigenvalue weighted by atomic mass is 19.1. The van der Waals surface area contributed by atoms with Crippen molar-refractivity contribution in [2.45, 2.75) is 71.1 Å². The molecule has 0 radical (unpaired) electrons. The summed E-state index contributed by atoms with van der Waals surface area (Å²) in [6.07, 6.45) is 1.51. The lowest BCUT2D eigenvalue weighted by Gasteiger charge is -2.27. The quantitative estimate of drug-likeness (QED) is 0.470. The number of nitrogens with zero attached hydrogens (tertiary/aromatic N) is 1. The van der Waals surface area contributed by atoms with E-state index in [0.717, 1.165) is 12.8 Å². The molecular weight excluding hydrogens is 425 g/mol. The minimum Gasteiger partial charge on any atom is -0.444 e. The number of aliphatic hydroxyl groups is 1. The predicted octanol–water partition coefficient (Wildman–Crippen LogP) is 3.79. The Morgan fingerprint density at radius 2 is 1.88 bits per heavy atom. The zero-order valence-corrected chi connectivity index (χ0v) is 19.7. The molecule has 0 aliphatic heterocycles. The third-order valence-electron chi connectivity index (χ3n) is 4.92. The Bertz CT molecular complexity index is 930. The fourth-order valence-corrected chi connectivity index (χ4v) is 3.26. The maximum Gasteiger partial charge on any atom is 0.407 e. The molecule has 2 aromatic rings. The Morgan fingerprint density at radius 3 is 2.55 bits per heavy atom. The van der Waals surface area contributed by atoms with Crippen LogP contribution in [0.2, 0.25) is 0 Å². The molecule has 1 heterocycles. The Balaban J connectivity index is 2.22. The van der Waals surface area contributed by atoms with E-state index in [0.29, 0.717) is 23.4 Å². The number of nitrogens with one attached hydrogen (secondary N) is 2. The van der Waals surface area contributed by atoms with Gasteiger partial charge in [-0.2, -0.15) is 0 Å². The predicted molar refractivity (Wildman–Crippen MR) is 124 cm³/mol. The van der Waals surface area contributed by atoms with E-state index in [-0.39, 0.29) is 18.7 Å². The van der Waals surface area contributed by atoms with Crippen LogP contribution in [0.4, 0.5) is 9.18 Å². The Labute approximate surface area is 194 Å². The largest absolute Gasteiger partial charge is 0.444 e. The van der Waals surface area contributed by atoms with E-state index >= 15 is 0 Å². The molecule has 180 valence electrons. The van der Waals surface area contributed by atoms with Gasteiger partial charge >= 0.3 is 6.09 Å². The van der Waals surface area contributed by atoms with E-state index in [9.17, 15) is 19.1 Å². The van der Waals surface area contributed by atoms with Crippen molar-refractivity contribution in [3.8, 4) is 0 Å². The highest BCUT2D eigenvalue weighted by Crippen LogP contribution is 2.16. The van der Waals surface area contributed by atoms with Crippen LogP contribution in [0.5, 0.6) is 0 Å². The lowest BCUT2D eigenvalue weighted by molar-refractivity contribution is 0.0420. The van der Waals surface area contributed by atoms with Crippen LogP contribution in [0, 0.1) is 5.82 Å². The first-order valence-corrected chi connectivity index (χ1v) is 11.2. The average molecular weight is 460 g/mol. The molecule has 0 aliphatic rings. The second kappa shape index (κ2) is 12.3. The van der Waals surface area contributed by atoms with Crippen molar-refractivity contribution in [3.63, 3.8) is 0 Å². The average Bonchev–Trinajstić information content (AvgIpc) is 2.74. The van der Waals surface area contributed by atoms with Gasteiger partial charge in [0.15, 0.2) is 0 Å². The van der Waals surface area contributed by atoms with Crippen molar-refractivity contribution in [3.05, 3.63) is 65.2 Å². The molecular formula is C25H34FN3O4. The maximum absolute atomic E-state index is 14.3. The molecule has 2 amide bonds. The number of halogens is 1. The van der Waals surface area contributed by atoms with Crippen LogP contribution in [0.1, 0.15) is 62.2 Å². The minimum absolute atomic E-state index is 0.00765. The van der Waals surface area contributed by atoms with Gasteiger partial charge in [-0.15, -0.1) is 0 Å². The number of hydrogen-bond donors (Lipinski definition) is 3. The van der Waals surface area contributed by atoms with Crippen LogP contribution in [-0.2, 0) is 17.6 Å². The summed E-state index contributed by atoms with van der Waals surface area (Å²) < 4.78 is 19.6. The standard InChI is InChI=1S/C25H34FN3O4/c1-5-6-13-28-23(31)18-11-9-14-27-20(18)16-22(30)21(29-24(32)33-25(2,3)4)15-17-10-7-8-12-19(17)26/h7-12,14,21-22,30H,5-6,13,15-16H2,1-4H3,(H,28,31)(H,29,32)/t21-,22+/m1/s1. The van der Waals surface area contributed by atoms with Gasteiger partial charge in [0.05, 0.1) is 23.4 Å². The van der Waals surface area contributed by atoms with E-state index in [1.165, 1.54) is 12.3 Å². The summed E-state index contributed by atoms with van der Waals surface area (Å²) in [6.45, 7) is 7.76. The number of pyridine rings is 1. The van der Waals surface area contributed by atoms with Crippen molar-refractivity contribution >= 4 is 12.0 Å².